The van der Waals surface area contributed by atoms with Crippen molar-refractivity contribution in [2.75, 3.05) is 0 Å². The summed E-state index contributed by atoms with van der Waals surface area (Å²) < 4.78 is 10.6. The number of nitrogens with zero attached hydrogens (tertiary/aromatic N) is 1. The normalized spacial score (nSPS) is 20.4. The van der Waals surface area contributed by atoms with Crippen molar-refractivity contribution < 1.29 is 13.9 Å². The molecule has 1 saturated carbocycles. The van der Waals surface area contributed by atoms with Gasteiger partial charge in [0.15, 0.2) is 0 Å². The fourth-order valence-electron chi connectivity index (χ4n) is 2.78. The first-order valence-corrected chi connectivity index (χ1v) is 8.09. The SMILES string of the molecule is Cc1ccc(OC2CCC(NC(=O)c3ccc(=O)oc3)CC2)nc1. The van der Waals surface area contributed by atoms with E-state index >= 15 is 0 Å². The van der Waals surface area contributed by atoms with Gasteiger partial charge in [-0.1, -0.05) is 6.07 Å². The van der Waals surface area contributed by atoms with Crippen molar-refractivity contribution in [3.8, 4) is 5.88 Å². The Morgan fingerprint density at radius 3 is 2.62 bits per heavy atom. The monoisotopic (exact) mass is 328 g/mol. The van der Waals surface area contributed by atoms with Gasteiger partial charge in [-0.2, -0.15) is 0 Å². The Bertz CT molecular complexity index is 726. The average Bonchev–Trinajstić information content (AvgIpc) is 2.59. The van der Waals surface area contributed by atoms with Crippen LogP contribution in [0.3, 0.4) is 0 Å². The van der Waals surface area contributed by atoms with Gasteiger partial charge in [-0.15, -0.1) is 0 Å². The molecule has 24 heavy (non-hydrogen) atoms. The Hall–Kier alpha value is -2.63. The van der Waals surface area contributed by atoms with Gasteiger partial charge in [0, 0.05) is 24.4 Å². The molecule has 0 unspecified atom stereocenters. The van der Waals surface area contributed by atoms with Gasteiger partial charge >= 0.3 is 5.63 Å². The minimum Gasteiger partial charge on any atom is -0.474 e. The molecule has 1 amide bonds. The number of hydrogen-bond donors (Lipinski definition) is 1. The second kappa shape index (κ2) is 7.29. The molecular weight excluding hydrogens is 308 g/mol. The zero-order valence-corrected chi connectivity index (χ0v) is 13.5. The number of ether oxygens (including phenoxy) is 1. The topological polar surface area (TPSA) is 81.4 Å². The van der Waals surface area contributed by atoms with Crippen molar-refractivity contribution in [1.29, 1.82) is 0 Å². The van der Waals surface area contributed by atoms with Crippen LogP contribution in [0.25, 0.3) is 0 Å². The summed E-state index contributed by atoms with van der Waals surface area (Å²) in [7, 11) is 0. The lowest BCUT2D eigenvalue weighted by atomic mass is 9.93. The molecule has 6 heteroatoms. The van der Waals surface area contributed by atoms with E-state index in [4.69, 9.17) is 9.15 Å². The van der Waals surface area contributed by atoms with Crippen molar-refractivity contribution in [1.82, 2.24) is 10.3 Å². The van der Waals surface area contributed by atoms with Crippen molar-refractivity contribution >= 4 is 5.91 Å². The molecule has 2 aromatic rings. The van der Waals surface area contributed by atoms with Crippen LogP contribution in [0, 0.1) is 6.92 Å². The third-order valence-electron chi connectivity index (χ3n) is 4.14. The predicted octanol–water partition coefficient (Wildman–Crippen LogP) is 2.46. The third kappa shape index (κ3) is 4.22. The summed E-state index contributed by atoms with van der Waals surface area (Å²) in [5.74, 6) is 0.427. The molecule has 1 N–H and O–H groups in total. The van der Waals surface area contributed by atoms with Crippen LogP contribution in [0.1, 0.15) is 41.6 Å². The number of nitrogens with one attached hydrogen (secondary N) is 1. The maximum atomic E-state index is 12.1. The van der Waals surface area contributed by atoms with E-state index in [-0.39, 0.29) is 18.1 Å². The molecule has 1 fully saturated rings. The smallest absolute Gasteiger partial charge is 0.335 e. The van der Waals surface area contributed by atoms with Gasteiger partial charge in [-0.25, -0.2) is 9.78 Å². The molecule has 0 radical (unpaired) electrons. The lowest BCUT2D eigenvalue weighted by Crippen LogP contribution is -2.39. The minimum atomic E-state index is -0.464. The number of pyridine rings is 1. The van der Waals surface area contributed by atoms with Crippen LogP contribution in [0.4, 0.5) is 0 Å². The van der Waals surface area contributed by atoms with E-state index in [2.05, 4.69) is 10.3 Å². The Morgan fingerprint density at radius 2 is 2.00 bits per heavy atom. The first kappa shape index (κ1) is 16.2. The van der Waals surface area contributed by atoms with Crippen molar-refractivity contribution in [3.05, 3.63) is 58.3 Å². The van der Waals surface area contributed by atoms with Crippen LogP contribution in [0.5, 0.6) is 5.88 Å². The summed E-state index contributed by atoms with van der Waals surface area (Å²) in [5, 5.41) is 2.97. The molecule has 0 atom stereocenters. The molecule has 6 nitrogen and oxygen atoms in total. The fourth-order valence-corrected chi connectivity index (χ4v) is 2.78. The number of carbonyl (C=O) groups excluding carboxylic acids is 1. The molecular formula is C18H20N2O4. The quantitative estimate of drug-likeness (QED) is 0.932. The van der Waals surface area contributed by atoms with Crippen LogP contribution in [-0.4, -0.2) is 23.0 Å². The van der Waals surface area contributed by atoms with E-state index in [1.165, 1.54) is 18.4 Å². The van der Waals surface area contributed by atoms with Crippen molar-refractivity contribution in [2.45, 2.75) is 44.8 Å². The highest BCUT2D eigenvalue weighted by atomic mass is 16.5. The molecule has 0 bridgehead atoms. The first-order chi connectivity index (χ1) is 11.6. The molecule has 2 aromatic heterocycles. The number of hydrogen-bond acceptors (Lipinski definition) is 5. The van der Waals surface area contributed by atoms with Crippen LogP contribution in [0.15, 0.2) is 45.9 Å². The second-order valence-corrected chi connectivity index (χ2v) is 6.08. The van der Waals surface area contributed by atoms with Gasteiger partial charge in [0.1, 0.15) is 12.4 Å². The summed E-state index contributed by atoms with van der Waals surface area (Å²) in [6.07, 6.45) is 6.53. The Kier molecular flexibility index (Phi) is 4.93. The number of rotatable bonds is 4. The minimum absolute atomic E-state index is 0.107. The molecule has 0 aromatic carbocycles. The molecule has 0 aliphatic heterocycles. The Labute approximate surface area is 139 Å². The van der Waals surface area contributed by atoms with Crippen LogP contribution in [0.2, 0.25) is 0 Å². The number of amides is 1. The summed E-state index contributed by atoms with van der Waals surface area (Å²) in [6.45, 7) is 1.99. The second-order valence-electron chi connectivity index (χ2n) is 6.08. The maximum absolute atomic E-state index is 12.1. The summed E-state index contributed by atoms with van der Waals surface area (Å²) in [4.78, 5) is 27.3. The van der Waals surface area contributed by atoms with Gasteiger partial charge in [0.2, 0.25) is 5.88 Å². The highest BCUT2D eigenvalue weighted by Gasteiger charge is 2.24. The summed E-state index contributed by atoms with van der Waals surface area (Å²) >= 11 is 0. The van der Waals surface area contributed by atoms with E-state index in [1.54, 1.807) is 6.20 Å². The molecule has 3 rings (SSSR count). The predicted molar refractivity (Wildman–Crippen MR) is 88.1 cm³/mol. The first-order valence-electron chi connectivity index (χ1n) is 8.09. The lowest BCUT2D eigenvalue weighted by Gasteiger charge is -2.29. The largest absolute Gasteiger partial charge is 0.474 e. The van der Waals surface area contributed by atoms with E-state index < -0.39 is 5.63 Å². The summed E-state index contributed by atoms with van der Waals surface area (Å²) in [5.41, 5.74) is 0.997. The van der Waals surface area contributed by atoms with E-state index in [9.17, 15) is 9.59 Å². The molecule has 1 aliphatic carbocycles. The highest BCUT2D eigenvalue weighted by molar-refractivity contribution is 5.93. The molecule has 0 spiro atoms. The Balaban J connectivity index is 1.48. The van der Waals surface area contributed by atoms with E-state index in [1.807, 2.05) is 19.1 Å². The molecule has 2 heterocycles. The fraction of sp³-hybridized carbons (Fsp3) is 0.389. The van der Waals surface area contributed by atoms with Crippen molar-refractivity contribution in [2.24, 2.45) is 0 Å². The van der Waals surface area contributed by atoms with Gasteiger partial charge in [0.25, 0.3) is 5.91 Å². The van der Waals surface area contributed by atoms with Gasteiger partial charge < -0.3 is 14.5 Å². The number of carbonyl (C=O) groups is 1. The van der Waals surface area contributed by atoms with Crippen molar-refractivity contribution in [3.63, 3.8) is 0 Å². The maximum Gasteiger partial charge on any atom is 0.335 e. The van der Waals surface area contributed by atoms with Crippen LogP contribution >= 0.6 is 0 Å². The molecule has 126 valence electrons. The molecule has 0 saturated heterocycles. The van der Waals surface area contributed by atoms with E-state index in [0.717, 1.165) is 31.2 Å². The summed E-state index contributed by atoms with van der Waals surface area (Å²) in [6, 6.07) is 6.68. The highest BCUT2D eigenvalue weighted by Crippen LogP contribution is 2.23. The zero-order chi connectivity index (χ0) is 16.9. The zero-order valence-electron chi connectivity index (χ0n) is 13.5. The molecule has 1 aliphatic rings. The van der Waals surface area contributed by atoms with Gasteiger partial charge in [0.05, 0.1) is 5.56 Å². The van der Waals surface area contributed by atoms with Crippen LogP contribution < -0.4 is 15.7 Å². The Morgan fingerprint density at radius 1 is 1.21 bits per heavy atom. The third-order valence-corrected chi connectivity index (χ3v) is 4.14. The van der Waals surface area contributed by atoms with E-state index in [0.29, 0.717) is 11.4 Å². The lowest BCUT2D eigenvalue weighted by molar-refractivity contribution is 0.0888. The van der Waals surface area contributed by atoms with Gasteiger partial charge in [-0.05, 0) is 44.2 Å². The van der Waals surface area contributed by atoms with Crippen LogP contribution in [-0.2, 0) is 0 Å². The number of aromatic nitrogens is 1. The van der Waals surface area contributed by atoms with Gasteiger partial charge in [-0.3, -0.25) is 4.79 Å². The average molecular weight is 328 g/mol. The number of aryl methyl sites for hydroxylation is 1. The standard InChI is InChI=1S/C18H20N2O4/c1-12-2-8-16(19-10-12)24-15-6-4-14(5-7-15)20-18(22)13-3-9-17(21)23-11-13/h2-3,8-11,14-15H,4-7H2,1H3,(H,20,22).